The van der Waals surface area contributed by atoms with Gasteiger partial charge in [-0.05, 0) is 49.2 Å². The minimum atomic E-state index is -1.00. The normalized spacial score (nSPS) is 17.8. The molecule has 11 heteroatoms. The number of anilines is 1. The first-order chi connectivity index (χ1) is 18.1. The van der Waals surface area contributed by atoms with Gasteiger partial charge in [-0.25, -0.2) is 9.78 Å². The second-order valence-corrected chi connectivity index (χ2v) is 10.8. The first-order valence-electron chi connectivity index (χ1n) is 12.2. The van der Waals surface area contributed by atoms with E-state index in [1.165, 1.54) is 6.07 Å². The number of carboxylic acid groups (broad SMARTS) is 1. The number of hydrogen-bond acceptors (Lipinski definition) is 7. The molecule has 1 aromatic heterocycles. The van der Waals surface area contributed by atoms with E-state index in [-0.39, 0.29) is 36.1 Å². The summed E-state index contributed by atoms with van der Waals surface area (Å²) in [4.78, 5) is 38.3. The molecular formula is C28H35Br2N3O6. The van der Waals surface area contributed by atoms with Crippen LogP contribution in [0.3, 0.4) is 0 Å². The molecule has 2 saturated heterocycles. The number of ether oxygens (including phenoxy) is 2. The molecule has 3 aromatic rings. The zero-order chi connectivity index (χ0) is 27.8. The van der Waals surface area contributed by atoms with Crippen molar-refractivity contribution in [2.75, 3.05) is 32.2 Å². The molecule has 2 aliphatic rings. The summed E-state index contributed by atoms with van der Waals surface area (Å²) >= 11 is 6.58. The molecular weight excluding hydrogens is 634 g/mol. The quantitative estimate of drug-likeness (QED) is 0.345. The topological polar surface area (TPSA) is 134 Å². The third kappa shape index (κ3) is 8.69. The maximum atomic E-state index is 12.3. The van der Waals surface area contributed by atoms with Gasteiger partial charge in [-0.1, -0.05) is 46.2 Å². The fourth-order valence-electron chi connectivity index (χ4n) is 4.17. The Balaban J connectivity index is 0.000000219. The Morgan fingerprint density at radius 1 is 1.08 bits per heavy atom. The molecule has 2 aliphatic heterocycles. The zero-order valence-corrected chi connectivity index (χ0v) is 24.5. The molecule has 3 N–H and O–H groups in total. The molecule has 0 bridgehead atoms. The van der Waals surface area contributed by atoms with Crippen LogP contribution in [0.2, 0.25) is 0 Å². The lowest BCUT2D eigenvalue weighted by Gasteiger charge is -2.13. The molecule has 2 fully saturated rings. The number of nitrogen functional groups attached to an aromatic ring is 1. The number of Topliss-reactive ketones (excluding diaryl/α,β-unsaturated/α-hetero) is 1. The number of carboxylic acids is 1. The molecule has 212 valence electrons. The Labute approximate surface area is 245 Å². The van der Waals surface area contributed by atoms with Gasteiger partial charge >= 0.3 is 5.97 Å². The standard InChI is InChI=1S/C13H13BrN2O2.C7H6BrNO2.C7H12O2.CH4/c1-16-12(8-4-5-18-7-8)15-11-6-9(14)2-3-10(11)13(16)17;8-4-1-2-5(7(10)11)6(9)3-4;1-2-7(8)6-3-4-9-5-6;/h2-3,6,8H,4-5,7H2,1H3;1-3H,9H2,(H,10,11);6H,2-5H2,1H3;1H4. The van der Waals surface area contributed by atoms with Gasteiger partial charge in [0.2, 0.25) is 0 Å². The van der Waals surface area contributed by atoms with Crippen molar-refractivity contribution >= 4 is 60.2 Å². The number of aromatic carboxylic acids is 1. The van der Waals surface area contributed by atoms with E-state index in [2.05, 4.69) is 36.8 Å². The molecule has 0 amide bonds. The van der Waals surface area contributed by atoms with Crippen molar-refractivity contribution in [2.24, 2.45) is 13.0 Å². The van der Waals surface area contributed by atoms with E-state index < -0.39 is 5.97 Å². The fourth-order valence-corrected chi connectivity index (χ4v) is 4.90. The van der Waals surface area contributed by atoms with Crippen LogP contribution in [0.25, 0.3) is 10.9 Å². The van der Waals surface area contributed by atoms with E-state index in [9.17, 15) is 14.4 Å². The fraction of sp³-hybridized carbons (Fsp3) is 0.429. The predicted molar refractivity (Wildman–Crippen MR) is 159 cm³/mol. The molecule has 0 radical (unpaired) electrons. The van der Waals surface area contributed by atoms with Crippen LogP contribution in [-0.4, -0.2) is 52.8 Å². The summed E-state index contributed by atoms with van der Waals surface area (Å²) in [5.41, 5.74) is 6.57. The Hall–Kier alpha value is -2.60. The van der Waals surface area contributed by atoms with E-state index >= 15 is 0 Å². The molecule has 2 aromatic carbocycles. The van der Waals surface area contributed by atoms with Gasteiger partial charge in [0.15, 0.2) is 0 Å². The Morgan fingerprint density at radius 2 is 1.72 bits per heavy atom. The predicted octanol–water partition coefficient (Wildman–Crippen LogP) is 5.57. The van der Waals surface area contributed by atoms with Crippen molar-refractivity contribution in [3.8, 4) is 0 Å². The number of carbonyl (C=O) groups is 2. The van der Waals surface area contributed by atoms with Crippen molar-refractivity contribution in [1.29, 1.82) is 0 Å². The largest absolute Gasteiger partial charge is 0.478 e. The van der Waals surface area contributed by atoms with E-state index in [0.717, 1.165) is 46.3 Å². The molecule has 39 heavy (non-hydrogen) atoms. The van der Waals surface area contributed by atoms with Gasteiger partial charge in [-0.2, -0.15) is 0 Å². The highest BCUT2D eigenvalue weighted by Gasteiger charge is 2.23. The first-order valence-corrected chi connectivity index (χ1v) is 13.8. The summed E-state index contributed by atoms with van der Waals surface area (Å²) in [6.45, 7) is 4.74. The molecule has 2 atom stereocenters. The maximum absolute atomic E-state index is 12.3. The monoisotopic (exact) mass is 667 g/mol. The van der Waals surface area contributed by atoms with E-state index in [1.54, 1.807) is 23.7 Å². The van der Waals surface area contributed by atoms with Gasteiger partial charge in [0.1, 0.15) is 11.6 Å². The number of rotatable bonds is 4. The lowest BCUT2D eigenvalue weighted by molar-refractivity contribution is -0.122. The Bertz CT molecular complexity index is 1350. The highest BCUT2D eigenvalue weighted by molar-refractivity contribution is 9.10. The van der Waals surface area contributed by atoms with Gasteiger partial charge in [0, 0.05) is 53.2 Å². The molecule has 0 aliphatic carbocycles. The molecule has 2 unspecified atom stereocenters. The van der Waals surface area contributed by atoms with E-state index in [0.29, 0.717) is 30.8 Å². The Morgan fingerprint density at radius 3 is 2.28 bits per heavy atom. The average molecular weight is 669 g/mol. The molecule has 0 saturated carbocycles. The second-order valence-electron chi connectivity index (χ2n) is 8.97. The van der Waals surface area contributed by atoms with Crippen LogP contribution >= 0.6 is 31.9 Å². The number of hydrogen-bond donors (Lipinski definition) is 2. The molecule has 0 spiro atoms. The average Bonchev–Trinajstić information content (AvgIpc) is 3.61. The number of halogens is 2. The third-order valence-electron chi connectivity index (χ3n) is 6.35. The number of benzene rings is 2. The Kier molecular flexibility index (Phi) is 12.8. The lowest BCUT2D eigenvalue weighted by Crippen LogP contribution is -2.24. The van der Waals surface area contributed by atoms with Crippen LogP contribution in [0.15, 0.2) is 50.1 Å². The van der Waals surface area contributed by atoms with Gasteiger partial charge in [-0.3, -0.25) is 14.2 Å². The van der Waals surface area contributed by atoms with Crippen molar-refractivity contribution < 1.29 is 24.2 Å². The summed E-state index contributed by atoms with van der Waals surface area (Å²) in [7, 11) is 1.78. The summed E-state index contributed by atoms with van der Waals surface area (Å²) in [5.74, 6) is 0.617. The highest BCUT2D eigenvalue weighted by Crippen LogP contribution is 2.24. The maximum Gasteiger partial charge on any atom is 0.337 e. The van der Waals surface area contributed by atoms with E-state index in [4.69, 9.17) is 20.3 Å². The second kappa shape index (κ2) is 15.3. The first kappa shape index (κ1) is 32.6. The number of ketones is 1. The summed E-state index contributed by atoms with van der Waals surface area (Å²) in [6.07, 6.45) is 2.53. The smallest absolute Gasteiger partial charge is 0.337 e. The molecule has 5 rings (SSSR count). The number of nitrogens with two attached hydrogens (primary N) is 1. The van der Waals surface area contributed by atoms with Gasteiger partial charge in [-0.15, -0.1) is 0 Å². The van der Waals surface area contributed by atoms with Crippen LogP contribution in [0.5, 0.6) is 0 Å². The van der Waals surface area contributed by atoms with Crippen LogP contribution in [0.1, 0.15) is 55.7 Å². The lowest BCUT2D eigenvalue weighted by atomic mass is 10.0. The molecule has 9 nitrogen and oxygen atoms in total. The van der Waals surface area contributed by atoms with Crippen molar-refractivity contribution in [2.45, 2.75) is 39.5 Å². The summed E-state index contributed by atoms with van der Waals surface area (Å²) in [6, 6.07) is 10.2. The van der Waals surface area contributed by atoms with Gasteiger partial charge in [0.05, 0.1) is 29.7 Å². The number of nitrogens with zero attached hydrogens (tertiary/aromatic N) is 2. The summed E-state index contributed by atoms with van der Waals surface area (Å²) in [5, 5.41) is 9.22. The highest BCUT2D eigenvalue weighted by atomic mass is 79.9. The number of carbonyl (C=O) groups excluding carboxylic acids is 1. The van der Waals surface area contributed by atoms with Crippen LogP contribution < -0.4 is 11.3 Å². The molecule has 3 heterocycles. The van der Waals surface area contributed by atoms with Crippen molar-refractivity contribution in [3.63, 3.8) is 0 Å². The number of aromatic nitrogens is 2. The van der Waals surface area contributed by atoms with Crippen LogP contribution in [0.4, 0.5) is 5.69 Å². The van der Waals surface area contributed by atoms with Gasteiger partial charge in [0.25, 0.3) is 5.56 Å². The third-order valence-corrected chi connectivity index (χ3v) is 7.33. The van der Waals surface area contributed by atoms with Crippen molar-refractivity contribution in [1.82, 2.24) is 9.55 Å². The summed E-state index contributed by atoms with van der Waals surface area (Å²) < 4.78 is 13.8. The minimum Gasteiger partial charge on any atom is -0.478 e. The van der Waals surface area contributed by atoms with Crippen molar-refractivity contribution in [3.05, 3.63) is 67.1 Å². The SMILES string of the molecule is C.CCC(=O)C1CCOC1.Cn1c(C2CCOC2)nc2cc(Br)ccc2c1=O.Nc1cc(Br)ccc1C(=O)O. The number of fused-ring (bicyclic) bond motifs is 1. The minimum absolute atomic E-state index is 0. The van der Waals surface area contributed by atoms with E-state index in [1.807, 2.05) is 25.1 Å². The van der Waals surface area contributed by atoms with Gasteiger partial charge < -0.3 is 20.3 Å². The van der Waals surface area contributed by atoms with Crippen LogP contribution in [0, 0.1) is 5.92 Å². The van der Waals surface area contributed by atoms with Crippen LogP contribution in [-0.2, 0) is 21.3 Å². The zero-order valence-electron chi connectivity index (χ0n) is 21.3.